The number of aromatic amines is 1. The van der Waals surface area contributed by atoms with Gasteiger partial charge >= 0.3 is 11.9 Å². The van der Waals surface area contributed by atoms with Crippen molar-refractivity contribution >= 4 is 41.8 Å². The van der Waals surface area contributed by atoms with Gasteiger partial charge in [0.05, 0.1) is 5.71 Å². The molecule has 24 heavy (non-hydrogen) atoms. The number of esters is 2. The van der Waals surface area contributed by atoms with Crippen molar-refractivity contribution in [2.75, 3.05) is 5.73 Å². The molecule has 130 valence electrons. The zero-order chi connectivity index (χ0) is 18.4. The third kappa shape index (κ3) is 5.00. The van der Waals surface area contributed by atoms with Crippen LogP contribution in [0, 0.1) is 0 Å². The van der Waals surface area contributed by atoms with Gasteiger partial charge in [-0.15, -0.1) is 0 Å². The van der Waals surface area contributed by atoms with Gasteiger partial charge in [0.15, 0.2) is 17.6 Å². The number of nitrogens with one attached hydrogen (secondary N) is 1. The van der Waals surface area contributed by atoms with E-state index in [1.165, 1.54) is 27.7 Å². The topological polar surface area (TPSA) is 149 Å². The quantitative estimate of drug-likeness (QED) is 0.572. The molecule has 0 amide bonds. The van der Waals surface area contributed by atoms with Crippen LogP contribution in [-0.4, -0.2) is 46.5 Å². The molecule has 0 spiro atoms. The lowest BCUT2D eigenvalue weighted by Gasteiger charge is -2.23. The van der Waals surface area contributed by atoms with E-state index < -0.39 is 29.7 Å². The summed E-state index contributed by atoms with van der Waals surface area (Å²) in [5.41, 5.74) is 4.86. The molecule has 0 aliphatic carbocycles. The van der Waals surface area contributed by atoms with Crippen LogP contribution in [0.2, 0.25) is 0 Å². The number of nitrogens with zero attached hydrogens (tertiary/aromatic N) is 3. The van der Waals surface area contributed by atoms with Crippen LogP contribution in [0.4, 0.5) is 17.5 Å². The molecule has 1 heterocycles. The van der Waals surface area contributed by atoms with Crippen LogP contribution in [0.25, 0.3) is 0 Å². The highest BCUT2D eigenvalue weighted by Gasteiger charge is 2.26. The number of ether oxygens (including phenoxy) is 2. The Kier molecular flexibility index (Phi) is 6.33. The Bertz CT molecular complexity index is 740. The van der Waals surface area contributed by atoms with Crippen molar-refractivity contribution in [3.05, 3.63) is 10.4 Å². The Morgan fingerprint density at radius 1 is 1.25 bits per heavy atom. The number of hydrogen-bond donors (Lipinski definition) is 2. The van der Waals surface area contributed by atoms with E-state index in [-0.39, 0.29) is 23.2 Å². The molecule has 0 saturated heterocycles. The van der Waals surface area contributed by atoms with Crippen molar-refractivity contribution in [2.24, 2.45) is 9.98 Å². The van der Waals surface area contributed by atoms with E-state index >= 15 is 0 Å². The zero-order valence-electron chi connectivity index (χ0n) is 13.8. The fourth-order valence-corrected chi connectivity index (χ4v) is 1.95. The van der Waals surface area contributed by atoms with Gasteiger partial charge in [0, 0.05) is 13.8 Å². The molecule has 0 fully saturated rings. The Hall–Kier alpha value is -3.04. The molecule has 0 radical (unpaired) electrons. The summed E-state index contributed by atoms with van der Waals surface area (Å²) in [5, 5.41) is 0. The van der Waals surface area contributed by atoms with Gasteiger partial charge in [-0.25, -0.2) is 9.98 Å². The highest BCUT2D eigenvalue weighted by Crippen LogP contribution is 2.22. The Morgan fingerprint density at radius 3 is 2.33 bits per heavy atom. The zero-order valence-corrected chi connectivity index (χ0v) is 13.8. The second kappa shape index (κ2) is 7.99. The van der Waals surface area contributed by atoms with Crippen LogP contribution in [0.5, 0.6) is 0 Å². The fraction of sp³-hybridized carbons (Fsp3) is 0.429. The van der Waals surface area contributed by atoms with Crippen LogP contribution in [0.15, 0.2) is 14.8 Å². The number of anilines is 1. The number of carbonyl (C=O) groups is 2. The molecule has 1 aromatic heterocycles. The summed E-state index contributed by atoms with van der Waals surface area (Å²) in [6, 6.07) is 0. The normalized spacial score (nSPS) is 13.8. The molecule has 10 nitrogen and oxygen atoms in total. The molecule has 1 aromatic rings. The van der Waals surface area contributed by atoms with Crippen molar-refractivity contribution in [1.29, 1.82) is 0 Å². The molecule has 0 saturated carbocycles. The highest BCUT2D eigenvalue weighted by atomic mass is 16.6. The molecule has 0 aliphatic heterocycles. The second-order valence-corrected chi connectivity index (χ2v) is 4.88. The van der Waals surface area contributed by atoms with E-state index in [1.54, 1.807) is 0 Å². The largest absolute Gasteiger partial charge is 0.458 e. The van der Waals surface area contributed by atoms with E-state index in [9.17, 15) is 14.4 Å². The van der Waals surface area contributed by atoms with Crippen LogP contribution < -0.4 is 11.3 Å². The smallest absolute Gasteiger partial charge is 0.303 e. The molecular formula is C14H19N5O5. The number of nitrogens with two attached hydrogens (primary N) is 1. The second-order valence-electron chi connectivity index (χ2n) is 4.88. The SMILES string of the molecule is C=Nc1nc(N)[nH]c(=O)c1N=C(C)[C@@H](OC(C)=O)[C@H](C)OC(C)=O. The van der Waals surface area contributed by atoms with Crippen molar-refractivity contribution in [2.45, 2.75) is 39.9 Å². The van der Waals surface area contributed by atoms with E-state index in [1.807, 2.05) is 0 Å². The lowest BCUT2D eigenvalue weighted by Crippen LogP contribution is -2.37. The first kappa shape index (κ1) is 19.0. The minimum Gasteiger partial charge on any atom is -0.458 e. The molecule has 2 atom stereocenters. The highest BCUT2D eigenvalue weighted by molar-refractivity contribution is 5.92. The van der Waals surface area contributed by atoms with Gasteiger partial charge in [-0.1, -0.05) is 0 Å². The predicted molar refractivity (Wildman–Crippen MR) is 88.0 cm³/mol. The summed E-state index contributed by atoms with van der Waals surface area (Å²) in [5.74, 6) is -1.35. The van der Waals surface area contributed by atoms with E-state index in [4.69, 9.17) is 15.2 Å². The Labute approximate surface area is 137 Å². The standard InChI is InChI=1S/C14H19N5O5/c1-6(11(24-9(4)21)7(2)23-8(3)20)17-10-12(16-5)18-14(15)19-13(10)22/h7,11H,5H2,1-4H3,(H3,15,18,19,22)/t7-,11+/m0/s1. The Morgan fingerprint density at radius 2 is 1.83 bits per heavy atom. The van der Waals surface area contributed by atoms with Crippen molar-refractivity contribution in [3.63, 3.8) is 0 Å². The van der Waals surface area contributed by atoms with Gasteiger partial charge in [-0.05, 0) is 20.6 Å². The lowest BCUT2D eigenvalue weighted by atomic mass is 10.1. The van der Waals surface area contributed by atoms with Crippen molar-refractivity contribution in [3.8, 4) is 0 Å². The van der Waals surface area contributed by atoms with E-state index in [0.29, 0.717) is 0 Å². The third-order valence-electron chi connectivity index (χ3n) is 2.82. The summed E-state index contributed by atoms with van der Waals surface area (Å²) in [7, 11) is 0. The number of aromatic nitrogens is 2. The van der Waals surface area contributed by atoms with Crippen LogP contribution in [-0.2, 0) is 19.1 Å². The van der Waals surface area contributed by atoms with Gasteiger partial charge in [-0.2, -0.15) is 4.98 Å². The average Bonchev–Trinajstić information content (AvgIpc) is 2.45. The molecule has 10 heteroatoms. The molecule has 3 N–H and O–H groups in total. The first-order chi connectivity index (χ1) is 11.1. The first-order valence-electron chi connectivity index (χ1n) is 6.91. The molecule has 0 bridgehead atoms. The summed E-state index contributed by atoms with van der Waals surface area (Å²) >= 11 is 0. The van der Waals surface area contributed by atoms with Gasteiger partial charge in [-0.3, -0.25) is 19.4 Å². The van der Waals surface area contributed by atoms with E-state index in [0.717, 1.165) is 0 Å². The molecule has 0 aliphatic rings. The van der Waals surface area contributed by atoms with Gasteiger partial charge in [0.1, 0.15) is 6.10 Å². The molecular weight excluding hydrogens is 318 g/mol. The maximum absolute atomic E-state index is 12.0. The molecule has 0 unspecified atom stereocenters. The average molecular weight is 337 g/mol. The maximum Gasteiger partial charge on any atom is 0.303 e. The number of rotatable bonds is 6. The molecule has 0 aromatic carbocycles. The van der Waals surface area contributed by atoms with Gasteiger partial charge in [0.2, 0.25) is 5.95 Å². The minimum atomic E-state index is -0.985. The lowest BCUT2D eigenvalue weighted by molar-refractivity contribution is -0.158. The summed E-state index contributed by atoms with van der Waals surface area (Å²) < 4.78 is 10.2. The number of hydrogen-bond acceptors (Lipinski definition) is 9. The minimum absolute atomic E-state index is 0.0719. The predicted octanol–water partition coefficient (Wildman–Crippen LogP) is 0.660. The van der Waals surface area contributed by atoms with Gasteiger partial charge < -0.3 is 15.2 Å². The number of carbonyl (C=O) groups excluding carboxylic acids is 2. The van der Waals surface area contributed by atoms with Crippen LogP contribution in [0.1, 0.15) is 27.7 Å². The molecule has 1 rings (SSSR count). The maximum atomic E-state index is 12.0. The Balaban J connectivity index is 3.32. The van der Waals surface area contributed by atoms with Crippen molar-refractivity contribution < 1.29 is 19.1 Å². The number of aliphatic imine (C=N–C) groups is 2. The summed E-state index contributed by atoms with van der Waals surface area (Å²) in [6.07, 6.45) is -1.79. The van der Waals surface area contributed by atoms with Crippen LogP contribution >= 0.6 is 0 Å². The third-order valence-corrected chi connectivity index (χ3v) is 2.82. The summed E-state index contributed by atoms with van der Waals surface area (Å²) in [4.78, 5) is 48.2. The number of H-pyrrole nitrogens is 1. The first-order valence-corrected chi connectivity index (χ1v) is 6.91. The van der Waals surface area contributed by atoms with E-state index in [2.05, 4.69) is 26.7 Å². The summed E-state index contributed by atoms with van der Waals surface area (Å²) in [6.45, 7) is 8.78. The monoisotopic (exact) mass is 337 g/mol. The van der Waals surface area contributed by atoms with Crippen LogP contribution in [0.3, 0.4) is 0 Å². The van der Waals surface area contributed by atoms with Gasteiger partial charge in [0.25, 0.3) is 5.56 Å². The fourth-order valence-electron chi connectivity index (χ4n) is 1.95. The number of nitrogen functional groups attached to an aromatic ring is 1. The van der Waals surface area contributed by atoms with Crippen molar-refractivity contribution in [1.82, 2.24) is 9.97 Å².